The van der Waals surface area contributed by atoms with Crippen molar-refractivity contribution >= 4 is 0 Å². The number of hydrogen-bond acceptors (Lipinski definition) is 3. The highest BCUT2D eigenvalue weighted by atomic mass is 19.3. The number of aliphatic hydroxyl groups excluding tert-OH is 1. The number of aliphatic hydroxyl groups is 1. The molecule has 3 N–H and O–H groups in total. The lowest BCUT2D eigenvalue weighted by atomic mass is 10.0. The van der Waals surface area contributed by atoms with E-state index in [0.717, 1.165) is 0 Å². The van der Waals surface area contributed by atoms with Crippen molar-refractivity contribution in [2.24, 2.45) is 5.73 Å². The Balaban J connectivity index is 2.83. The average Bonchev–Trinajstić information content (AvgIpc) is 2.27. The van der Waals surface area contributed by atoms with Crippen LogP contribution in [0.2, 0.25) is 0 Å². The van der Waals surface area contributed by atoms with E-state index in [-0.39, 0.29) is 11.2 Å². The van der Waals surface area contributed by atoms with Crippen LogP contribution in [-0.2, 0) is 0 Å². The Hall–Kier alpha value is -1.20. The summed E-state index contributed by atoms with van der Waals surface area (Å²) in [4.78, 5) is 0. The van der Waals surface area contributed by atoms with Crippen LogP contribution in [0.5, 0.6) is 5.75 Å². The summed E-state index contributed by atoms with van der Waals surface area (Å²) in [5.41, 5.74) is 5.32. The predicted octanol–water partition coefficient (Wildman–Crippen LogP) is 2.49. The van der Waals surface area contributed by atoms with Crippen molar-refractivity contribution in [1.82, 2.24) is 0 Å². The highest BCUT2D eigenvalue weighted by Gasteiger charge is 2.37. The van der Waals surface area contributed by atoms with Crippen molar-refractivity contribution in [1.29, 1.82) is 0 Å². The lowest BCUT2D eigenvalue weighted by Gasteiger charge is -2.23. The van der Waals surface area contributed by atoms with Crippen molar-refractivity contribution in [2.45, 2.75) is 38.3 Å². The molecule has 0 aromatic heterocycles. The van der Waals surface area contributed by atoms with Crippen LogP contribution in [0.3, 0.4) is 0 Å². The molecule has 102 valence electrons. The summed E-state index contributed by atoms with van der Waals surface area (Å²) in [5.74, 6) is -2.74. The molecule has 3 nitrogen and oxygen atoms in total. The topological polar surface area (TPSA) is 55.5 Å². The maximum atomic E-state index is 13.2. The third kappa shape index (κ3) is 3.92. The number of halogens is 2. The zero-order chi connectivity index (χ0) is 14.0. The summed E-state index contributed by atoms with van der Waals surface area (Å²) in [6.07, 6.45) is 0. The lowest BCUT2D eigenvalue weighted by molar-refractivity contribution is -0.0712. The van der Waals surface area contributed by atoms with Gasteiger partial charge >= 0.3 is 0 Å². The highest BCUT2D eigenvalue weighted by molar-refractivity contribution is 5.30. The van der Waals surface area contributed by atoms with Crippen LogP contribution in [0.1, 0.15) is 32.4 Å². The van der Waals surface area contributed by atoms with Gasteiger partial charge in [-0.3, -0.25) is 0 Å². The van der Waals surface area contributed by atoms with Crippen LogP contribution in [0.15, 0.2) is 24.3 Å². The first-order chi connectivity index (χ1) is 8.15. The summed E-state index contributed by atoms with van der Waals surface area (Å²) in [7, 11) is 0. The van der Waals surface area contributed by atoms with Gasteiger partial charge in [-0.25, -0.2) is 8.78 Å². The van der Waals surface area contributed by atoms with Gasteiger partial charge in [0.25, 0.3) is 5.92 Å². The van der Waals surface area contributed by atoms with E-state index in [4.69, 9.17) is 15.6 Å². The molecule has 18 heavy (non-hydrogen) atoms. The van der Waals surface area contributed by atoms with Crippen molar-refractivity contribution in [3.05, 3.63) is 29.8 Å². The molecule has 0 saturated heterocycles. The number of benzene rings is 1. The standard InChI is InChI=1S/C13H19F2NO2/c1-12(2,3)18-10-6-4-9(5-7-10)11(16)13(14,15)8-17/h4-7,11,17H,8,16H2,1-3H3/t11-/m0/s1. The minimum atomic E-state index is -3.33. The molecule has 1 aromatic rings. The Morgan fingerprint density at radius 3 is 2.11 bits per heavy atom. The summed E-state index contributed by atoms with van der Waals surface area (Å²) in [6.45, 7) is 4.42. The van der Waals surface area contributed by atoms with Crippen molar-refractivity contribution in [3.8, 4) is 5.75 Å². The molecule has 5 heteroatoms. The summed E-state index contributed by atoms with van der Waals surface area (Å²) < 4.78 is 32.0. The zero-order valence-corrected chi connectivity index (χ0v) is 10.8. The molecule has 0 bridgehead atoms. The molecule has 0 aliphatic carbocycles. The fraction of sp³-hybridized carbons (Fsp3) is 0.538. The van der Waals surface area contributed by atoms with E-state index in [0.29, 0.717) is 5.75 Å². The normalized spacial score (nSPS) is 14.4. The molecule has 0 aliphatic rings. The first kappa shape index (κ1) is 14.9. The summed E-state index contributed by atoms with van der Waals surface area (Å²) in [5, 5.41) is 8.58. The Labute approximate surface area is 106 Å². The minimum Gasteiger partial charge on any atom is -0.488 e. The molecule has 0 amide bonds. The van der Waals surface area contributed by atoms with Crippen molar-refractivity contribution in [3.63, 3.8) is 0 Å². The van der Waals surface area contributed by atoms with Gasteiger partial charge < -0.3 is 15.6 Å². The molecular weight excluding hydrogens is 240 g/mol. The van der Waals surface area contributed by atoms with Crippen LogP contribution < -0.4 is 10.5 Å². The van der Waals surface area contributed by atoms with Crippen LogP contribution in [0, 0.1) is 0 Å². The first-order valence-electron chi connectivity index (χ1n) is 5.69. The molecule has 0 radical (unpaired) electrons. The number of hydrogen-bond donors (Lipinski definition) is 2. The van der Waals surface area contributed by atoms with E-state index in [1.807, 2.05) is 20.8 Å². The van der Waals surface area contributed by atoms with Gasteiger partial charge in [0, 0.05) is 0 Å². The summed E-state index contributed by atoms with van der Waals surface area (Å²) >= 11 is 0. The Kier molecular flexibility index (Phi) is 4.29. The summed E-state index contributed by atoms with van der Waals surface area (Å²) in [6, 6.07) is 4.62. The third-order valence-electron chi connectivity index (χ3n) is 2.33. The van der Waals surface area contributed by atoms with Gasteiger partial charge in [-0.2, -0.15) is 0 Å². The zero-order valence-electron chi connectivity index (χ0n) is 10.8. The molecule has 0 aliphatic heterocycles. The first-order valence-corrected chi connectivity index (χ1v) is 5.69. The lowest BCUT2D eigenvalue weighted by Crippen LogP contribution is -2.36. The van der Waals surface area contributed by atoms with E-state index >= 15 is 0 Å². The van der Waals surface area contributed by atoms with Crippen LogP contribution >= 0.6 is 0 Å². The molecule has 0 saturated carbocycles. The van der Waals surface area contributed by atoms with Gasteiger partial charge in [-0.1, -0.05) is 12.1 Å². The largest absolute Gasteiger partial charge is 0.488 e. The van der Waals surface area contributed by atoms with Gasteiger partial charge in [0.2, 0.25) is 0 Å². The van der Waals surface area contributed by atoms with Gasteiger partial charge in [-0.15, -0.1) is 0 Å². The van der Waals surface area contributed by atoms with E-state index in [9.17, 15) is 8.78 Å². The monoisotopic (exact) mass is 259 g/mol. The molecule has 1 rings (SSSR count). The maximum Gasteiger partial charge on any atom is 0.289 e. The minimum absolute atomic E-state index is 0.260. The van der Waals surface area contributed by atoms with Crippen LogP contribution in [-0.4, -0.2) is 23.2 Å². The second kappa shape index (κ2) is 5.20. The van der Waals surface area contributed by atoms with Gasteiger partial charge in [0.1, 0.15) is 18.0 Å². The van der Waals surface area contributed by atoms with Crippen LogP contribution in [0.25, 0.3) is 0 Å². The second-order valence-electron chi connectivity index (χ2n) is 5.18. The predicted molar refractivity (Wildman–Crippen MR) is 65.8 cm³/mol. The Bertz CT molecular complexity index is 385. The quantitative estimate of drug-likeness (QED) is 0.873. The number of nitrogens with two attached hydrogens (primary N) is 1. The van der Waals surface area contributed by atoms with E-state index in [2.05, 4.69) is 0 Å². The molecule has 0 fully saturated rings. The number of ether oxygens (including phenoxy) is 1. The van der Waals surface area contributed by atoms with Crippen molar-refractivity contribution < 1.29 is 18.6 Å². The molecular formula is C13H19F2NO2. The average molecular weight is 259 g/mol. The van der Waals surface area contributed by atoms with E-state index < -0.39 is 18.6 Å². The van der Waals surface area contributed by atoms with Crippen LogP contribution in [0.4, 0.5) is 8.78 Å². The van der Waals surface area contributed by atoms with E-state index in [1.165, 1.54) is 12.1 Å². The Morgan fingerprint density at radius 1 is 1.22 bits per heavy atom. The second-order valence-corrected chi connectivity index (χ2v) is 5.18. The van der Waals surface area contributed by atoms with Gasteiger partial charge in [0.05, 0.1) is 6.04 Å². The fourth-order valence-corrected chi connectivity index (χ4v) is 1.44. The van der Waals surface area contributed by atoms with E-state index in [1.54, 1.807) is 12.1 Å². The molecule has 0 unspecified atom stereocenters. The fourth-order valence-electron chi connectivity index (χ4n) is 1.44. The molecule has 0 spiro atoms. The maximum absolute atomic E-state index is 13.2. The molecule has 1 aromatic carbocycles. The molecule has 0 heterocycles. The van der Waals surface area contributed by atoms with Crippen molar-refractivity contribution in [2.75, 3.05) is 6.61 Å². The highest BCUT2D eigenvalue weighted by Crippen LogP contribution is 2.30. The smallest absolute Gasteiger partial charge is 0.289 e. The third-order valence-corrected chi connectivity index (χ3v) is 2.33. The van der Waals surface area contributed by atoms with Gasteiger partial charge in [-0.05, 0) is 38.5 Å². The molecule has 1 atom stereocenters. The number of rotatable bonds is 4. The Morgan fingerprint density at radius 2 is 1.72 bits per heavy atom. The van der Waals surface area contributed by atoms with Gasteiger partial charge in [0.15, 0.2) is 0 Å². The number of alkyl halides is 2. The SMILES string of the molecule is CC(C)(C)Oc1ccc([C@H](N)C(F)(F)CO)cc1.